The molecule has 20 heavy (non-hydrogen) atoms. The van der Waals surface area contributed by atoms with E-state index in [1.54, 1.807) is 0 Å². The Balaban J connectivity index is 1.97. The molecular weight excluding hydrogens is 261 g/mol. The fraction of sp³-hybridized carbons (Fsp3) is 0.571. The molecule has 1 aromatic heterocycles. The molecule has 2 N–H and O–H groups in total. The van der Waals surface area contributed by atoms with E-state index in [1.807, 2.05) is 0 Å². The highest BCUT2D eigenvalue weighted by atomic mass is 19.1. The molecular formula is C14H20FN3O2. The van der Waals surface area contributed by atoms with E-state index >= 15 is 0 Å². The van der Waals surface area contributed by atoms with Crippen molar-refractivity contribution in [2.45, 2.75) is 32.2 Å². The van der Waals surface area contributed by atoms with Crippen LogP contribution in [0.1, 0.15) is 36.5 Å². The van der Waals surface area contributed by atoms with E-state index in [-0.39, 0.29) is 11.4 Å². The van der Waals surface area contributed by atoms with Crippen LogP contribution in [0.3, 0.4) is 0 Å². The Morgan fingerprint density at radius 2 is 2.20 bits per heavy atom. The Labute approximate surface area is 117 Å². The smallest absolute Gasteiger partial charge is 0.339 e. The van der Waals surface area contributed by atoms with Crippen LogP contribution in [0, 0.1) is 5.82 Å². The first-order valence-corrected chi connectivity index (χ1v) is 6.94. The minimum Gasteiger partial charge on any atom is -0.478 e. The third-order valence-electron chi connectivity index (χ3n) is 3.66. The largest absolute Gasteiger partial charge is 0.478 e. The summed E-state index contributed by atoms with van der Waals surface area (Å²) >= 11 is 0. The second-order valence-electron chi connectivity index (χ2n) is 5.18. The number of nitrogens with zero attached hydrogens (tertiary/aromatic N) is 2. The molecule has 6 heteroatoms. The number of piperidine rings is 1. The summed E-state index contributed by atoms with van der Waals surface area (Å²) in [4.78, 5) is 17.3. The molecule has 0 aliphatic carbocycles. The van der Waals surface area contributed by atoms with Gasteiger partial charge in [0.2, 0.25) is 0 Å². The van der Waals surface area contributed by atoms with Crippen molar-refractivity contribution >= 4 is 11.8 Å². The lowest BCUT2D eigenvalue weighted by atomic mass is 10.1. The maximum Gasteiger partial charge on any atom is 0.339 e. The van der Waals surface area contributed by atoms with Gasteiger partial charge in [-0.2, -0.15) is 0 Å². The summed E-state index contributed by atoms with van der Waals surface area (Å²) in [7, 11) is 0. The van der Waals surface area contributed by atoms with Crippen LogP contribution < -0.4 is 5.32 Å². The summed E-state index contributed by atoms with van der Waals surface area (Å²) in [5.74, 6) is -1.59. The predicted octanol–water partition coefficient (Wildman–Crippen LogP) is 2.21. The van der Waals surface area contributed by atoms with E-state index in [0.717, 1.165) is 25.4 Å². The van der Waals surface area contributed by atoms with Crippen molar-refractivity contribution in [3.05, 3.63) is 23.6 Å². The summed E-state index contributed by atoms with van der Waals surface area (Å²) in [5, 5.41) is 12.1. The number of anilines is 1. The van der Waals surface area contributed by atoms with E-state index in [2.05, 4.69) is 22.1 Å². The van der Waals surface area contributed by atoms with Crippen LogP contribution in [0.15, 0.2) is 12.3 Å². The number of likely N-dealkylation sites (tertiary alicyclic amines) is 1. The van der Waals surface area contributed by atoms with Gasteiger partial charge >= 0.3 is 5.97 Å². The molecule has 0 amide bonds. The molecule has 5 nitrogen and oxygen atoms in total. The number of carboxylic acids is 1. The zero-order chi connectivity index (χ0) is 14.5. The Kier molecular flexibility index (Phi) is 4.89. The molecule has 110 valence electrons. The summed E-state index contributed by atoms with van der Waals surface area (Å²) < 4.78 is 13.0. The highest BCUT2D eigenvalue weighted by Crippen LogP contribution is 2.16. The topological polar surface area (TPSA) is 65.5 Å². The molecule has 1 fully saturated rings. The SMILES string of the molecule is CC(CNc1ncc(F)cc1C(=O)O)N1CCCCC1. The normalized spacial score (nSPS) is 17.7. The summed E-state index contributed by atoms with van der Waals surface area (Å²) in [6.07, 6.45) is 4.72. The maximum atomic E-state index is 13.0. The van der Waals surface area contributed by atoms with Crippen LogP contribution in [0.2, 0.25) is 0 Å². The van der Waals surface area contributed by atoms with Crippen molar-refractivity contribution in [1.29, 1.82) is 0 Å². The fourth-order valence-electron chi connectivity index (χ4n) is 2.48. The van der Waals surface area contributed by atoms with Gasteiger partial charge in [0.25, 0.3) is 0 Å². The van der Waals surface area contributed by atoms with Gasteiger partial charge in [-0.25, -0.2) is 14.2 Å². The van der Waals surface area contributed by atoms with Crippen LogP contribution in [-0.4, -0.2) is 46.6 Å². The monoisotopic (exact) mass is 281 g/mol. The minimum absolute atomic E-state index is 0.129. The first-order chi connectivity index (χ1) is 9.58. The molecule has 0 bridgehead atoms. The van der Waals surface area contributed by atoms with Crippen molar-refractivity contribution in [3.8, 4) is 0 Å². The van der Waals surface area contributed by atoms with Crippen LogP contribution in [0.4, 0.5) is 10.2 Å². The van der Waals surface area contributed by atoms with Gasteiger partial charge in [-0.1, -0.05) is 6.42 Å². The molecule has 1 aliphatic rings. The second kappa shape index (κ2) is 6.65. The fourth-order valence-corrected chi connectivity index (χ4v) is 2.48. The molecule has 2 rings (SSSR count). The zero-order valence-corrected chi connectivity index (χ0v) is 11.6. The van der Waals surface area contributed by atoms with E-state index in [1.165, 1.54) is 19.3 Å². The van der Waals surface area contributed by atoms with Gasteiger partial charge in [-0.05, 0) is 38.9 Å². The Morgan fingerprint density at radius 3 is 2.85 bits per heavy atom. The molecule has 1 atom stereocenters. The standard InChI is InChI=1S/C14H20FN3O2/c1-10(18-5-3-2-4-6-18)8-16-13-12(14(19)20)7-11(15)9-17-13/h7,9-10H,2-6,8H2,1H3,(H,16,17)(H,19,20). The third-order valence-corrected chi connectivity index (χ3v) is 3.66. The van der Waals surface area contributed by atoms with E-state index in [0.29, 0.717) is 12.6 Å². The van der Waals surface area contributed by atoms with E-state index in [4.69, 9.17) is 5.11 Å². The Hall–Kier alpha value is -1.69. The summed E-state index contributed by atoms with van der Waals surface area (Å²) in [6, 6.07) is 1.28. The third kappa shape index (κ3) is 3.66. The number of carbonyl (C=O) groups is 1. The molecule has 1 saturated heterocycles. The molecule has 0 saturated carbocycles. The van der Waals surface area contributed by atoms with Crippen molar-refractivity contribution in [1.82, 2.24) is 9.88 Å². The molecule has 0 aromatic carbocycles. The quantitative estimate of drug-likeness (QED) is 0.866. The zero-order valence-electron chi connectivity index (χ0n) is 11.6. The lowest BCUT2D eigenvalue weighted by Crippen LogP contribution is -2.41. The van der Waals surface area contributed by atoms with Gasteiger partial charge in [0.05, 0.1) is 6.20 Å². The van der Waals surface area contributed by atoms with E-state index < -0.39 is 11.8 Å². The molecule has 1 aliphatic heterocycles. The number of rotatable bonds is 5. The van der Waals surface area contributed by atoms with Crippen molar-refractivity contribution < 1.29 is 14.3 Å². The van der Waals surface area contributed by atoms with Crippen LogP contribution in [-0.2, 0) is 0 Å². The van der Waals surface area contributed by atoms with Crippen LogP contribution in [0.25, 0.3) is 0 Å². The first kappa shape index (κ1) is 14.7. The van der Waals surface area contributed by atoms with Gasteiger partial charge in [0.1, 0.15) is 17.2 Å². The number of hydrogen-bond donors (Lipinski definition) is 2. The van der Waals surface area contributed by atoms with Crippen LogP contribution >= 0.6 is 0 Å². The number of pyridine rings is 1. The Morgan fingerprint density at radius 1 is 1.50 bits per heavy atom. The average molecular weight is 281 g/mol. The average Bonchev–Trinajstić information content (AvgIpc) is 2.46. The minimum atomic E-state index is -1.18. The molecule has 0 radical (unpaired) electrons. The van der Waals surface area contributed by atoms with Crippen molar-refractivity contribution in [2.75, 3.05) is 25.0 Å². The molecule has 0 spiro atoms. The van der Waals surface area contributed by atoms with Crippen molar-refractivity contribution in [2.24, 2.45) is 0 Å². The maximum absolute atomic E-state index is 13.0. The van der Waals surface area contributed by atoms with Crippen LogP contribution in [0.5, 0.6) is 0 Å². The number of carboxylic acid groups (broad SMARTS) is 1. The summed E-state index contributed by atoms with van der Waals surface area (Å²) in [5.41, 5.74) is -0.129. The van der Waals surface area contributed by atoms with Gasteiger partial charge in [-0.3, -0.25) is 4.90 Å². The first-order valence-electron chi connectivity index (χ1n) is 6.94. The van der Waals surface area contributed by atoms with Gasteiger partial charge in [-0.15, -0.1) is 0 Å². The highest BCUT2D eigenvalue weighted by molar-refractivity contribution is 5.93. The van der Waals surface area contributed by atoms with E-state index in [9.17, 15) is 9.18 Å². The molecule has 1 unspecified atom stereocenters. The number of halogens is 1. The predicted molar refractivity (Wildman–Crippen MR) is 74.5 cm³/mol. The number of aromatic carboxylic acids is 1. The highest BCUT2D eigenvalue weighted by Gasteiger charge is 2.18. The summed E-state index contributed by atoms with van der Waals surface area (Å²) in [6.45, 7) is 4.85. The van der Waals surface area contributed by atoms with Gasteiger partial charge in [0, 0.05) is 12.6 Å². The van der Waals surface area contributed by atoms with Gasteiger partial charge < -0.3 is 10.4 Å². The van der Waals surface area contributed by atoms with Crippen molar-refractivity contribution in [3.63, 3.8) is 0 Å². The van der Waals surface area contributed by atoms with Gasteiger partial charge in [0.15, 0.2) is 0 Å². The lowest BCUT2D eigenvalue weighted by molar-refractivity contribution is 0.0697. The Bertz CT molecular complexity index is 475. The molecule has 2 heterocycles. The molecule has 1 aromatic rings. The number of aromatic nitrogens is 1. The number of nitrogens with one attached hydrogen (secondary N) is 1. The lowest BCUT2D eigenvalue weighted by Gasteiger charge is -2.32. The second-order valence-corrected chi connectivity index (χ2v) is 5.18. The number of hydrogen-bond acceptors (Lipinski definition) is 4.